The molecule has 7 nitrogen and oxygen atoms in total. The van der Waals surface area contributed by atoms with Gasteiger partial charge in [0.25, 0.3) is 5.56 Å². The fraction of sp³-hybridized carbons (Fsp3) is 0.647. The van der Waals surface area contributed by atoms with Gasteiger partial charge in [-0.25, -0.2) is 4.98 Å². The smallest absolute Gasteiger partial charge is 0.275 e. The van der Waals surface area contributed by atoms with Crippen LogP contribution < -0.4 is 15.8 Å². The molecule has 0 unspecified atom stereocenters. The molecule has 0 radical (unpaired) electrons. The van der Waals surface area contributed by atoms with Crippen molar-refractivity contribution < 1.29 is 4.79 Å². The molecule has 0 saturated carbocycles. The molecule has 2 aromatic rings. The molecule has 136 valence electrons. The number of anilines is 1. The monoisotopic (exact) mass is 363 g/mol. The zero-order valence-corrected chi connectivity index (χ0v) is 15.8. The second-order valence-electron chi connectivity index (χ2n) is 7.05. The summed E-state index contributed by atoms with van der Waals surface area (Å²) in [7, 11) is 0. The van der Waals surface area contributed by atoms with Crippen LogP contribution in [0.15, 0.2) is 10.9 Å². The number of hydrogen-bond acceptors (Lipinski definition) is 6. The van der Waals surface area contributed by atoms with Gasteiger partial charge in [-0.3, -0.25) is 9.59 Å². The summed E-state index contributed by atoms with van der Waals surface area (Å²) < 4.78 is 1.36. The van der Waals surface area contributed by atoms with Crippen molar-refractivity contribution >= 4 is 27.3 Å². The normalized spacial score (nSPS) is 15.9. The Kier molecular flexibility index (Phi) is 5.36. The molecular formula is C17H25N5O2S. The van der Waals surface area contributed by atoms with E-state index in [4.69, 9.17) is 0 Å². The molecule has 1 N–H and O–H groups in total. The average Bonchev–Trinajstić information content (AvgIpc) is 2.99. The third kappa shape index (κ3) is 4.18. The van der Waals surface area contributed by atoms with E-state index in [0.717, 1.165) is 44.0 Å². The second-order valence-corrected chi connectivity index (χ2v) is 7.98. The van der Waals surface area contributed by atoms with Crippen LogP contribution in [0.3, 0.4) is 0 Å². The zero-order chi connectivity index (χ0) is 18.0. The molecule has 3 rings (SSSR count). The number of nitrogens with one attached hydrogen (secondary N) is 1. The van der Waals surface area contributed by atoms with Gasteiger partial charge >= 0.3 is 0 Å². The molecule has 2 aromatic heterocycles. The zero-order valence-electron chi connectivity index (χ0n) is 15.0. The first-order chi connectivity index (χ1) is 11.9. The van der Waals surface area contributed by atoms with Gasteiger partial charge in [0, 0.05) is 37.3 Å². The Morgan fingerprint density at radius 3 is 2.80 bits per heavy atom. The summed E-state index contributed by atoms with van der Waals surface area (Å²) in [4.78, 5) is 31.4. The quantitative estimate of drug-likeness (QED) is 0.877. The maximum Gasteiger partial charge on any atom is 0.275 e. The number of fused-ring (bicyclic) bond motifs is 1. The average molecular weight is 363 g/mol. The SMILES string of the molecule is Cc1cc(=O)n2nc(N3CCC(C(=O)NCCC(C)C)CC3)sc2n1. The Hall–Kier alpha value is -1.96. The van der Waals surface area contributed by atoms with Gasteiger partial charge in [0.15, 0.2) is 0 Å². The predicted octanol–water partition coefficient (Wildman–Crippen LogP) is 1.84. The summed E-state index contributed by atoms with van der Waals surface area (Å²) in [6.07, 6.45) is 2.63. The van der Waals surface area contributed by atoms with E-state index in [1.165, 1.54) is 21.9 Å². The fourth-order valence-corrected chi connectivity index (χ4v) is 4.00. The lowest BCUT2D eigenvalue weighted by molar-refractivity contribution is -0.125. The van der Waals surface area contributed by atoms with Gasteiger partial charge in [-0.1, -0.05) is 25.2 Å². The number of hydrogen-bond donors (Lipinski definition) is 1. The molecule has 8 heteroatoms. The molecule has 1 aliphatic rings. The van der Waals surface area contributed by atoms with Gasteiger partial charge in [0.1, 0.15) is 0 Å². The topological polar surface area (TPSA) is 79.6 Å². The summed E-state index contributed by atoms with van der Waals surface area (Å²) in [5.74, 6) is 0.834. The van der Waals surface area contributed by atoms with Gasteiger partial charge in [-0.15, -0.1) is 5.10 Å². The van der Waals surface area contributed by atoms with Gasteiger partial charge in [0.05, 0.1) is 0 Å². The van der Waals surface area contributed by atoms with Crippen LogP contribution in [0, 0.1) is 18.8 Å². The summed E-state index contributed by atoms with van der Waals surface area (Å²) in [5.41, 5.74) is 0.557. The van der Waals surface area contributed by atoms with Crippen molar-refractivity contribution in [2.45, 2.75) is 40.0 Å². The van der Waals surface area contributed by atoms with E-state index in [0.29, 0.717) is 16.6 Å². The minimum absolute atomic E-state index is 0.0703. The first-order valence-corrected chi connectivity index (χ1v) is 9.66. The van der Waals surface area contributed by atoms with Crippen molar-refractivity contribution in [3.05, 3.63) is 22.1 Å². The molecule has 25 heavy (non-hydrogen) atoms. The highest BCUT2D eigenvalue weighted by atomic mass is 32.1. The number of carbonyl (C=O) groups excluding carboxylic acids is 1. The standard InChI is InChI=1S/C17H25N5O2S/c1-11(2)4-7-18-15(24)13-5-8-21(9-6-13)17-20-22-14(23)10-12(3)19-16(22)25-17/h10-11,13H,4-9H2,1-3H3,(H,18,24). The molecule has 0 bridgehead atoms. The molecule has 1 amide bonds. The fourth-order valence-electron chi connectivity index (χ4n) is 3.00. The Bertz CT molecular complexity index is 805. The molecule has 1 fully saturated rings. The van der Waals surface area contributed by atoms with Gasteiger partial charge in [0.2, 0.25) is 16.0 Å². The molecule has 0 spiro atoms. The number of rotatable bonds is 5. The summed E-state index contributed by atoms with van der Waals surface area (Å²) >= 11 is 1.42. The maximum absolute atomic E-state index is 12.2. The Morgan fingerprint density at radius 2 is 2.12 bits per heavy atom. The molecule has 0 aliphatic carbocycles. The Morgan fingerprint density at radius 1 is 1.40 bits per heavy atom. The lowest BCUT2D eigenvalue weighted by Gasteiger charge is -2.30. The lowest BCUT2D eigenvalue weighted by atomic mass is 9.96. The van der Waals surface area contributed by atoms with E-state index in [2.05, 4.69) is 34.1 Å². The first kappa shape index (κ1) is 17.8. The van der Waals surface area contributed by atoms with Gasteiger partial charge < -0.3 is 10.2 Å². The van der Waals surface area contributed by atoms with Crippen LogP contribution in [0.4, 0.5) is 5.13 Å². The maximum atomic E-state index is 12.2. The molecular weight excluding hydrogens is 338 g/mol. The Balaban J connectivity index is 1.60. The minimum Gasteiger partial charge on any atom is -0.356 e. The number of carbonyl (C=O) groups is 1. The van der Waals surface area contributed by atoms with Crippen LogP contribution >= 0.6 is 11.3 Å². The third-order valence-electron chi connectivity index (χ3n) is 4.52. The summed E-state index contributed by atoms with van der Waals surface area (Å²) in [6, 6.07) is 1.49. The van der Waals surface area contributed by atoms with Crippen LogP contribution in [0.1, 0.15) is 38.8 Å². The number of aryl methyl sites for hydroxylation is 1. The van der Waals surface area contributed by atoms with E-state index in [9.17, 15) is 9.59 Å². The van der Waals surface area contributed by atoms with Crippen molar-refractivity contribution in [2.24, 2.45) is 11.8 Å². The van der Waals surface area contributed by atoms with E-state index in [1.54, 1.807) is 0 Å². The van der Waals surface area contributed by atoms with E-state index < -0.39 is 0 Å². The molecule has 0 aromatic carbocycles. The molecule has 3 heterocycles. The summed E-state index contributed by atoms with van der Waals surface area (Å²) in [5, 5.41) is 8.25. The number of nitrogens with zero attached hydrogens (tertiary/aromatic N) is 4. The van der Waals surface area contributed by atoms with Crippen LogP contribution in [0.25, 0.3) is 4.96 Å². The molecule has 1 aliphatic heterocycles. The highest BCUT2D eigenvalue weighted by Crippen LogP contribution is 2.26. The van der Waals surface area contributed by atoms with Crippen LogP contribution in [-0.2, 0) is 4.79 Å². The van der Waals surface area contributed by atoms with Crippen molar-refractivity contribution in [2.75, 3.05) is 24.5 Å². The first-order valence-electron chi connectivity index (χ1n) is 8.84. The highest BCUT2D eigenvalue weighted by molar-refractivity contribution is 7.20. The van der Waals surface area contributed by atoms with Gasteiger partial charge in [-0.2, -0.15) is 4.52 Å². The highest BCUT2D eigenvalue weighted by Gasteiger charge is 2.26. The van der Waals surface area contributed by atoms with Crippen molar-refractivity contribution in [3.8, 4) is 0 Å². The minimum atomic E-state index is -0.149. The van der Waals surface area contributed by atoms with Crippen molar-refractivity contribution in [3.63, 3.8) is 0 Å². The Labute approximate surface area is 151 Å². The number of amides is 1. The lowest BCUT2D eigenvalue weighted by Crippen LogP contribution is -2.41. The molecule has 1 saturated heterocycles. The number of aromatic nitrogens is 3. The van der Waals surface area contributed by atoms with E-state index in [-0.39, 0.29) is 17.4 Å². The second kappa shape index (κ2) is 7.51. The van der Waals surface area contributed by atoms with Gasteiger partial charge in [-0.05, 0) is 32.1 Å². The largest absolute Gasteiger partial charge is 0.356 e. The predicted molar refractivity (Wildman–Crippen MR) is 99.3 cm³/mol. The number of piperidine rings is 1. The van der Waals surface area contributed by atoms with Crippen LogP contribution in [-0.4, -0.2) is 40.1 Å². The van der Waals surface area contributed by atoms with Crippen molar-refractivity contribution in [1.29, 1.82) is 0 Å². The summed E-state index contributed by atoms with van der Waals surface area (Å²) in [6.45, 7) is 8.42. The third-order valence-corrected chi connectivity index (χ3v) is 5.49. The van der Waals surface area contributed by atoms with Crippen LogP contribution in [0.5, 0.6) is 0 Å². The van der Waals surface area contributed by atoms with Crippen molar-refractivity contribution in [1.82, 2.24) is 19.9 Å². The molecule has 0 atom stereocenters. The van der Waals surface area contributed by atoms with Crippen LogP contribution in [0.2, 0.25) is 0 Å². The van der Waals surface area contributed by atoms with E-state index >= 15 is 0 Å². The van der Waals surface area contributed by atoms with E-state index in [1.807, 2.05) is 6.92 Å².